The lowest BCUT2D eigenvalue weighted by Crippen LogP contribution is -2.42. The molecule has 4 heterocycles. The number of H-pyrrole nitrogens is 1. The maximum atomic E-state index is 12.5. The molecule has 1 saturated heterocycles. The largest absolute Gasteiger partial charge is 0.390 e. The van der Waals surface area contributed by atoms with Crippen molar-refractivity contribution in [3.8, 4) is 0 Å². The minimum absolute atomic E-state index is 0.0953. The predicted molar refractivity (Wildman–Crippen MR) is 117 cm³/mol. The number of aromatic amines is 1. The van der Waals surface area contributed by atoms with Crippen molar-refractivity contribution in [1.29, 1.82) is 0 Å². The molecular formula is C21H30N8O3. The zero-order valence-corrected chi connectivity index (χ0v) is 18.3. The van der Waals surface area contributed by atoms with Gasteiger partial charge in [0.25, 0.3) is 5.91 Å². The number of likely N-dealkylation sites (tertiary alicyclic amines) is 1. The standard InChI is InChI=1S/C21H30N8O3/c1-14(30)29-6-2-15(3-7-29)27-20-8-18(24-13-26-20)21(32)22-9-16(31)10-28-5-4-17-19(11-28)25-12-23-17/h8,12-13,15-16,31H,2-7,9-11H2,1H3,(H,22,32)(H,23,25)(H,24,26,27). The number of hydrogen-bond acceptors (Lipinski definition) is 8. The topological polar surface area (TPSA) is 139 Å². The summed E-state index contributed by atoms with van der Waals surface area (Å²) in [5.74, 6) is 0.323. The average Bonchev–Trinajstić information content (AvgIpc) is 3.26. The van der Waals surface area contributed by atoms with Crippen LogP contribution in [0, 0.1) is 0 Å². The number of aromatic nitrogens is 4. The Morgan fingerprint density at radius 2 is 2.06 bits per heavy atom. The van der Waals surface area contributed by atoms with Crippen molar-refractivity contribution in [3.05, 3.63) is 35.8 Å². The second-order valence-electron chi connectivity index (χ2n) is 8.39. The van der Waals surface area contributed by atoms with Crippen LogP contribution in [0.15, 0.2) is 18.7 Å². The van der Waals surface area contributed by atoms with Crippen LogP contribution in [0.3, 0.4) is 0 Å². The highest BCUT2D eigenvalue weighted by Gasteiger charge is 2.22. The van der Waals surface area contributed by atoms with Crippen molar-refractivity contribution in [3.63, 3.8) is 0 Å². The molecule has 1 unspecified atom stereocenters. The zero-order chi connectivity index (χ0) is 22.5. The van der Waals surface area contributed by atoms with Crippen LogP contribution in [0.25, 0.3) is 0 Å². The Hall–Kier alpha value is -3.05. The molecule has 2 aromatic rings. The maximum absolute atomic E-state index is 12.5. The minimum Gasteiger partial charge on any atom is -0.390 e. The molecule has 1 atom stereocenters. The minimum atomic E-state index is -0.686. The Morgan fingerprint density at radius 3 is 2.84 bits per heavy atom. The van der Waals surface area contributed by atoms with Gasteiger partial charge in [-0.25, -0.2) is 15.0 Å². The van der Waals surface area contributed by atoms with E-state index in [2.05, 4.69) is 35.5 Å². The summed E-state index contributed by atoms with van der Waals surface area (Å²) in [6.45, 7) is 5.16. The molecule has 0 bridgehead atoms. The van der Waals surface area contributed by atoms with Gasteiger partial charge in [-0.05, 0) is 12.8 Å². The highest BCUT2D eigenvalue weighted by atomic mass is 16.3. The second kappa shape index (κ2) is 10.0. The molecule has 172 valence electrons. The first kappa shape index (κ1) is 22.2. The van der Waals surface area contributed by atoms with E-state index in [0.717, 1.165) is 37.2 Å². The van der Waals surface area contributed by atoms with Crippen LogP contribution in [0.4, 0.5) is 5.82 Å². The second-order valence-corrected chi connectivity index (χ2v) is 8.39. The lowest BCUT2D eigenvalue weighted by atomic mass is 10.1. The van der Waals surface area contributed by atoms with E-state index >= 15 is 0 Å². The number of fused-ring (bicyclic) bond motifs is 1. The SMILES string of the molecule is CC(=O)N1CCC(Nc2cc(C(=O)NCC(O)CN3CCc4nc[nH]c4C3)ncn2)CC1. The number of aliphatic hydroxyl groups is 1. The van der Waals surface area contributed by atoms with E-state index in [1.54, 1.807) is 19.3 Å². The number of imidazole rings is 1. The number of amides is 2. The number of carbonyl (C=O) groups is 2. The molecule has 2 amide bonds. The van der Waals surface area contributed by atoms with Crippen molar-refractivity contribution < 1.29 is 14.7 Å². The Balaban J connectivity index is 1.23. The summed E-state index contributed by atoms with van der Waals surface area (Å²) in [5, 5.41) is 16.5. The number of nitrogens with one attached hydrogen (secondary N) is 3. The van der Waals surface area contributed by atoms with Gasteiger partial charge in [0.1, 0.15) is 17.8 Å². The third-order valence-corrected chi connectivity index (χ3v) is 6.01. The van der Waals surface area contributed by atoms with Gasteiger partial charge in [0.2, 0.25) is 5.91 Å². The molecule has 2 aliphatic rings. The normalized spacial score (nSPS) is 18.1. The van der Waals surface area contributed by atoms with Crippen LogP contribution in [0.2, 0.25) is 0 Å². The lowest BCUT2D eigenvalue weighted by Gasteiger charge is -2.31. The van der Waals surface area contributed by atoms with Crippen molar-refractivity contribution >= 4 is 17.6 Å². The van der Waals surface area contributed by atoms with Crippen LogP contribution < -0.4 is 10.6 Å². The van der Waals surface area contributed by atoms with Gasteiger partial charge in [-0.1, -0.05) is 0 Å². The van der Waals surface area contributed by atoms with E-state index in [0.29, 0.717) is 32.0 Å². The summed E-state index contributed by atoms with van der Waals surface area (Å²) in [4.78, 5) is 43.6. The predicted octanol–water partition coefficient (Wildman–Crippen LogP) is -0.228. The van der Waals surface area contributed by atoms with Crippen molar-refractivity contribution in [2.45, 2.75) is 44.9 Å². The van der Waals surface area contributed by atoms with Crippen LogP contribution in [0.5, 0.6) is 0 Å². The van der Waals surface area contributed by atoms with Gasteiger partial charge in [-0.2, -0.15) is 0 Å². The molecule has 0 aromatic carbocycles. The number of nitrogens with zero attached hydrogens (tertiary/aromatic N) is 5. The Kier molecular flexibility index (Phi) is 6.96. The smallest absolute Gasteiger partial charge is 0.270 e. The maximum Gasteiger partial charge on any atom is 0.270 e. The van der Waals surface area contributed by atoms with Gasteiger partial charge in [0, 0.05) is 64.7 Å². The third kappa shape index (κ3) is 5.60. The molecule has 11 nitrogen and oxygen atoms in total. The zero-order valence-electron chi connectivity index (χ0n) is 18.3. The molecule has 1 fully saturated rings. The fraction of sp³-hybridized carbons (Fsp3) is 0.571. The third-order valence-electron chi connectivity index (χ3n) is 6.01. The molecule has 2 aliphatic heterocycles. The van der Waals surface area contributed by atoms with Crippen molar-refractivity contribution in [1.82, 2.24) is 35.1 Å². The highest BCUT2D eigenvalue weighted by Crippen LogP contribution is 2.16. The number of aliphatic hydroxyl groups excluding tert-OH is 1. The van der Waals surface area contributed by atoms with Gasteiger partial charge in [0.15, 0.2) is 0 Å². The molecule has 0 aliphatic carbocycles. The quantitative estimate of drug-likeness (QED) is 0.461. The Morgan fingerprint density at radius 1 is 1.25 bits per heavy atom. The number of β-amino-alcohol motifs (C(OH)–C–C–N with tert-alkyl or cyclic N) is 1. The van der Waals surface area contributed by atoms with E-state index < -0.39 is 6.10 Å². The average molecular weight is 443 g/mol. The molecular weight excluding hydrogens is 412 g/mol. The van der Waals surface area contributed by atoms with Gasteiger partial charge in [0.05, 0.1) is 23.8 Å². The van der Waals surface area contributed by atoms with Crippen LogP contribution in [-0.4, -0.2) is 91.5 Å². The molecule has 0 spiro atoms. The van der Waals surface area contributed by atoms with E-state index in [-0.39, 0.29) is 30.1 Å². The summed E-state index contributed by atoms with van der Waals surface area (Å²) >= 11 is 0. The van der Waals surface area contributed by atoms with E-state index in [1.165, 1.54) is 6.33 Å². The van der Waals surface area contributed by atoms with Crippen LogP contribution >= 0.6 is 0 Å². The molecule has 0 radical (unpaired) electrons. The summed E-state index contributed by atoms with van der Waals surface area (Å²) in [7, 11) is 0. The molecule has 4 rings (SSSR count). The first-order valence-electron chi connectivity index (χ1n) is 11.0. The van der Waals surface area contributed by atoms with Gasteiger partial charge >= 0.3 is 0 Å². The summed E-state index contributed by atoms with van der Waals surface area (Å²) in [5.41, 5.74) is 2.41. The molecule has 4 N–H and O–H groups in total. The number of anilines is 1. The summed E-state index contributed by atoms with van der Waals surface area (Å²) in [6.07, 6.45) is 4.87. The van der Waals surface area contributed by atoms with Gasteiger partial charge in [-0.3, -0.25) is 14.5 Å². The van der Waals surface area contributed by atoms with Gasteiger partial charge in [-0.15, -0.1) is 0 Å². The first-order valence-corrected chi connectivity index (χ1v) is 11.0. The molecule has 32 heavy (non-hydrogen) atoms. The monoisotopic (exact) mass is 442 g/mol. The summed E-state index contributed by atoms with van der Waals surface area (Å²) in [6, 6.07) is 1.81. The van der Waals surface area contributed by atoms with Crippen LogP contribution in [-0.2, 0) is 17.8 Å². The van der Waals surface area contributed by atoms with Gasteiger partial charge < -0.3 is 25.6 Å². The number of rotatable bonds is 7. The fourth-order valence-electron chi connectivity index (χ4n) is 4.20. The highest BCUT2D eigenvalue weighted by molar-refractivity contribution is 5.92. The van der Waals surface area contributed by atoms with Crippen molar-refractivity contribution in [2.75, 3.05) is 38.0 Å². The number of hydrogen-bond donors (Lipinski definition) is 4. The molecule has 0 saturated carbocycles. The van der Waals surface area contributed by atoms with Crippen molar-refractivity contribution in [2.24, 2.45) is 0 Å². The Labute approximate surface area is 186 Å². The van der Waals surface area contributed by atoms with E-state index in [1.807, 2.05) is 4.90 Å². The van der Waals surface area contributed by atoms with E-state index in [9.17, 15) is 14.7 Å². The van der Waals surface area contributed by atoms with E-state index in [4.69, 9.17) is 0 Å². The summed E-state index contributed by atoms with van der Waals surface area (Å²) < 4.78 is 0. The number of carbonyl (C=O) groups excluding carboxylic acids is 2. The molecule has 2 aromatic heterocycles. The first-order chi connectivity index (χ1) is 15.5. The molecule has 11 heteroatoms. The Bertz CT molecular complexity index is 941. The lowest BCUT2D eigenvalue weighted by molar-refractivity contribution is -0.129. The fourth-order valence-corrected chi connectivity index (χ4v) is 4.20. The van der Waals surface area contributed by atoms with Crippen LogP contribution in [0.1, 0.15) is 41.6 Å². The number of piperidine rings is 1.